The molecule has 4 atom stereocenters. The normalized spacial score (nSPS) is 24.8. The number of rotatable bonds is 6. The number of hydrogen-bond donors (Lipinski definition) is 1. The maximum absolute atomic E-state index is 12.9. The fraction of sp³-hybridized carbons (Fsp3) is 0.640. The Morgan fingerprint density at radius 2 is 1.72 bits per heavy atom. The summed E-state index contributed by atoms with van der Waals surface area (Å²) in [4.78, 5) is 22.1. The molecule has 2 aliphatic rings. The van der Waals surface area contributed by atoms with Gasteiger partial charge in [0.2, 0.25) is 17.6 Å². The fourth-order valence-corrected chi connectivity index (χ4v) is 4.89. The van der Waals surface area contributed by atoms with Crippen LogP contribution in [0.4, 0.5) is 0 Å². The Labute approximate surface area is 191 Å². The lowest BCUT2D eigenvalue weighted by Gasteiger charge is -2.40. The van der Waals surface area contributed by atoms with E-state index in [0.717, 1.165) is 38.2 Å². The molecule has 0 spiro atoms. The molecule has 1 aliphatic carbocycles. The topological polar surface area (TPSA) is 74.5 Å². The van der Waals surface area contributed by atoms with Crippen molar-refractivity contribution in [3.8, 4) is 11.4 Å². The average molecular weight is 440 g/mol. The van der Waals surface area contributed by atoms with Crippen LogP contribution < -0.4 is 5.32 Å². The van der Waals surface area contributed by atoms with Gasteiger partial charge in [0, 0.05) is 37.8 Å². The van der Waals surface area contributed by atoms with Crippen LogP contribution in [0.2, 0.25) is 0 Å². The van der Waals surface area contributed by atoms with E-state index >= 15 is 0 Å². The summed E-state index contributed by atoms with van der Waals surface area (Å²) in [6.45, 7) is 11.9. The van der Waals surface area contributed by atoms with Crippen LogP contribution in [0.3, 0.4) is 0 Å². The number of amides is 1. The lowest BCUT2D eigenvalue weighted by atomic mass is 9.86. The van der Waals surface area contributed by atoms with Gasteiger partial charge < -0.3 is 9.84 Å². The second-order valence-corrected chi connectivity index (χ2v) is 9.62. The molecule has 4 rings (SSSR count). The summed E-state index contributed by atoms with van der Waals surface area (Å²) in [5.74, 6) is 2.03. The van der Waals surface area contributed by atoms with Crippen LogP contribution in [0.15, 0.2) is 28.8 Å². The fourth-order valence-electron chi connectivity index (χ4n) is 4.89. The van der Waals surface area contributed by atoms with Crippen molar-refractivity contribution >= 4 is 5.91 Å². The molecule has 4 unspecified atom stereocenters. The number of aromatic nitrogens is 2. The Hall–Kier alpha value is -2.25. The van der Waals surface area contributed by atoms with Crippen molar-refractivity contribution in [3.63, 3.8) is 0 Å². The minimum Gasteiger partial charge on any atom is -0.352 e. The highest BCUT2D eigenvalue weighted by atomic mass is 16.5. The number of piperazine rings is 1. The first-order chi connectivity index (χ1) is 15.4. The molecule has 2 aromatic rings. The first-order valence-electron chi connectivity index (χ1n) is 12.1. The van der Waals surface area contributed by atoms with E-state index in [0.29, 0.717) is 23.7 Å². The van der Waals surface area contributed by atoms with Crippen LogP contribution in [-0.2, 0) is 4.79 Å². The molecule has 1 saturated carbocycles. The van der Waals surface area contributed by atoms with Gasteiger partial charge in [0.1, 0.15) is 0 Å². The molecule has 2 heterocycles. The molecule has 2 fully saturated rings. The van der Waals surface area contributed by atoms with Gasteiger partial charge in [-0.15, -0.1) is 0 Å². The zero-order chi connectivity index (χ0) is 22.7. The van der Waals surface area contributed by atoms with Crippen molar-refractivity contribution in [3.05, 3.63) is 35.7 Å². The van der Waals surface area contributed by atoms with Gasteiger partial charge in [-0.2, -0.15) is 4.98 Å². The summed E-state index contributed by atoms with van der Waals surface area (Å²) in [6, 6.07) is 8.44. The quantitative estimate of drug-likeness (QED) is 0.738. The highest BCUT2D eigenvalue weighted by Gasteiger charge is 2.31. The minimum absolute atomic E-state index is 0.0519. The van der Waals surface area contributed by atoms with Crippen molar-refractivity contribution in [1.29, 1.82) is 0 Å². The first kappa shape index (κ1) is 22.9. The smallest absolute Gasteiger partial charge is 0.244 e. The molecule has 0 bridgehead atoms. The lowest BCUT2D eigenvalue weighted by Crippen LogP contribution is -2.56. The van der Waals surface area contributed by atoms with Gasteiger partial charge >= 0.3 is 0 Å². The Balaban J connectivity index is 1.29. The molecule has 1 aromatic heterocycles. The molecule has 7 heteroatoms. The molecule has 174 valence electrons. The van der Waals surface area contributed by atoms with E-state index in [9.17, 15) is 4.79 Å². The molecular formula is C25H37N5O2. The van der Waals surface area contributed by atoms with Gasteiger partial charge in [0.05, 0.1) is 12.1 Å². The van der Waals surface area contributed by atoms with E-state index < -0.39 is 0 Å². The number of nitrogens with zero attached hydrogens (tertiary/aromatic N) is 4. The van der Waals surface area contributed by atoms with Crippen LogP contribution in [0, 0.1) is 12.8 Å². The number of carbonyl (C=O) groups excluding carboxylic acids is 1. The van der Waals surface area contributed by atoms with Crippen molar-refractivity contribution in [2.24, 2.45) is 5.92 Å². The van der Waals surface area contributed by atoms with Crippen LogP contribution >= 0.6 is 0 Å². The van der Waals surface area contributed by atoms with E-state index in [-0.39, 0.29) is 18.0 Å². The Kier molecular flexibility index (Phi) is 7.26. The summed E-state index contributed by atoms with van der Waals surface area (Å²) in [5, 5.41) is 7.50. The highest BCUT2D eigenvalue weighted by Crippen LogP contribution is 2.25. The van der Waals surface area contributed by atoms with E-state index in [1.807, 2.05) is 19.1 Å². The maximum Gasteiger partial charge on any atom is 0.244 e. The molecule has 1 saturated heterocycles. The van der Waals surface area contributed by atoms with Gasteiger partial charge in [-0.25, -0.2) is 0 Å². The van der Waals surface area contributed by atoms with Gasteiger partial charge in [0.25, 0.3) is 0 Å². The molecule has 7 nitrogen and oxygen atoms in total. The van der Waals surface area contributed by atoms with Crippen LogP contribution in [0.25, 0.3) is 11.4 Å². The average Bonchev–Trinajstić information content (AvgIpc) is 3.30. The first-order valence-corrected chi connectivity index (χ1v) is 12.1. The van der Waals surface area contributed by atoms with Gasteiger partial charge in [-0.05, 0) is 39.5 Å². The summed E-state index contributed by atoms with van der Waals surface area (Å²) in [6.07, 6.45) is 4.84. The third-order valence-corrected chi connectivity index (χ3v) is 7.37. The predicted octanol–water partition coefficient (Wildman–Crippen LogP) is 3.81. The second-order valence-electron chi connectivity index (χ2n) is 9.62. The summed E-state index contributed by atoms with van der Waals surface area (Å²) >= 11 is 0. The zero-order valence-corrected chi connectivity index (χ0v) is 19.9. The number of carbonyl (C=O) groups is 1. The predicted molar refractivity (Wildman–Crippen MR) is 125 cm³/mol. The van der Waals surface area contributed by atoms with Crippen LogP contribution in [0.1, 0.15) is 64.0 Å². The van der Waals surface area contributed by atoms with Gasteiger partial charge in [-0.1, -0.05) is 54.8 Å². The van der Waals surface area contributed by atoms with Crippen LogP contribution in [0.5, 0.6) is 0 Å². The van der Waals surface area contributed by atoms with Gasteiger partial charge in [-0.3, -0.25) is 14.6 Å². The van der Waals surface area contributed by atoms with Crippen molar-refractivity contribution in [1.82, 2.24) is 25.3 Å². The highest BCUT2D eigenvalue weighted by molar-refractivity contribution is 5.81. The van der Waals surface area contributed by atoms with Crippen molar-refractivity contribution in [2.75, 3.05) is 26.2 Å². The number of hydrogen-bond acceptors (Lipinski definition) is 6. The molecule has 0 radical (unpaired) electrons. The Morgan fingerprint density at radius 1 is 1.06 bits per heavy atom. The third-order valence-electron chi connectivity index (χ3n) is 7.37. The van der Waals surface area contributed by atoms with E-state index in [1.54, 1.807) is 0 Å². The second kappa shape index (κ2) is 10.1. The largest absolute Gasteiger partial charge is 0.352 e. The molecule has 1 aromatic carbocycles. The Morgan fingerprint density at radius 3 is 2.41 bits per heavy atom. The molecule has 32 heavy (non-hydrogen) atoms. The summed E-state index contributed by atoms with van der Waals surface area (Å²) < 4.78 is 5.59. The molecule has 1 N–H and O–H groups in total. The van der Waals surface area contributed by atoms with Crippen LogP contribution in [-0.4, -0.2) is 64.1 Å². The van der Waals surface area contributed by atoms with E-state index in [2.05, 4.69) is 58.2 Å². The molecular weight excluding hydrogens is 402 g/mol. The standard InChI is InChI=1S/C25H37N5O2/c1-17-9-11-21(12-10-17)23-27-25(32-28-23)20(4)30-15-13-29(14-16-30)19(3)24(31)26-22-8-6-5-7-18(22)2/h9-12,18-20,22H,5-8,13-16H2,1-4H3,(H,26,31). The number of nitrogens with one attached hydrogen (secondary N) is 1. The molecule has 1 aliphatic heterocycles. The minimum atomic E-state index is -0.0990. The number of aryl methyl sites for hydroxylation is 1. The Bertz CT molecular complexity index is 888. The SMILES string of the molecule is Cc1ccc(-c2noc(C(C)N3CCN(C(C)C(=O)NC4CCCCC4C)CC3)n2)cc1. The van der Waals surface area contributed by atoms with E-state index in [4.69, 9.17) is 4.52 Å². The molecule has 1 amide bonds. The number of benzene rings is 1. The lowest BCUT2D eigenvalue weighted by molar-refractivity contribution is -0.128. The van der Waals surface area contributed by atoms with Crippen molar-refractivity contribution in [2.45, 2.75) is 71.5 Å². The van der Waals surface area contributed by atoms with E-state index in [1.165, 1.54) is 24.8 Å². The maximum atomic E-state index is 12.9. The zero-order valence-electron chi connectivity index (χ0n) is 19.9. The third kappa shape index (κ3) is 5.21. The monoisotopic (exact) mass is 439 g/mol. The van der Waals surface area contributed by atoms with Crippen molar-refractivity contribution < 1.29 is 9.32 Å². The summed E-state index contributed by atoms with van der Waals surface area (Å²) in [7, 11) is 0. The summed E-state index contributed by atoms with van der Waals surface area (Å²) in [5.41, 5.74) is 2.18. The van der Waals surface area contributed by atoms with Gasteiger partial charge in [0.15, 0.2) is 0 Å².